The van der Waals surface area contributed by atoms with E-state index < -0.39 is 31.2 Å². The lowest BCUT2D eigenvalue weighted by atomic mass is 10.1. The van der Waals surface area contributed by atoms with Crippen LogP contribution in [0.2, 0.25) is 0 Å². The molecule has 2 atom stereocenters. The summed E-state index contributed by atoms with van der Waals surface area (Å²) in [7, 11) is 0. The second kappa shape index (κ2) is 2.80. The Morgan fingerprint density at radius 2 is 2.17 bits per heavy atom. The molecular formula is C5H4F4O3. The highest BCUT2D eigenvalue weighted by molar-refractivity contribution is 5.63. The third-order valence-corrected chi connectivity index (χ3v) is 1.44. The van der Waals surface area contributed by atoms with Crippen molar-refractivity contribution in [3.8, 4) is 0 Å². The average molecular weight is 188 g/mol. The summed E-state index contributed by atoms with van der Waals surface area (Å²) in [6.07, 6.45) is -7.83. The van der Waals surface area contributed by atoms with Crippen LogP contribution in [0.15, 0.2) is 0 Å². The predicted octanol–water partition coefficient (Wildman–Crippen LogP) is 1.42. The molecule has 12 heavy (non-hydrogen) atoms. The van der Waals surface area contributed by atoms with Gasteiger partial charge in [0.25, 0.3) is 18.4 Å². The first-order chi connectivity index (χ1) is 5.53. The van der Waals surface area contributed by atoms with Gasteiger partial charge in [-0.2, -0.15) is 4.39 Å². The largest absolute Gasteiger partial charge is 0.512 e. The Morgan fingerprint density at radius 1 is 1.58 bits per heavy atom. The minimum absolute atomic E-state index is 1.62. The van der Waals surface area contributed by atoms with E-state index in [1.165, 1.54) is 0 Å². The molecule has 1 rings (SSSR count). The normalized spacial score (nSPS) is 35.1. The van der Waals surface area contributed by atoms with Crippen LogP contribution >= 0.6 is 0 Å². The van der Waals surface area contributed by atoms with Crippen LogP contribution in [0.1, 0.15) is 0 Å². The number of cyclic esters (lactones) is 2. The van der Waals surface area contributed by atoms with E-state index >= 15 is 0 Å². The lowest BCUT2D eigenvalue weighted by molar-refractivity contribution is -0.144. The van der Waals surface area contributed by atoms with Crippen molar-refractivity contribution >= 4 is 6.16 Å². The van der Waals surface area contributed by atoms with Gasteiger partial charge in [0.1, 0.15) is 6.67 Å². The van der Waals surface area contributed by atoms with Gasteiger partial charge < -0.3 is 9.47 Å². The third-order valence-electron chi connectivity index (χ3n) is 1.44. The maximum Gasteiger partial charge on any atom is 0.512 e. The Kier molecular flexibility index (Phi) is 2.12. The number of carbonyl (C=O) groups is 1. The van der Waals surface area contributed by atoms with E-state index in [-0.39, 0.29) is 0 Å². The summed E-state index contributed by atoms with van der Waals surface area (Å²) in [6.45, 7) is -1.82. The SMILES string of the molecule is O=C1OC(F)C(CF)(C(F)F)O1. The minimum atomic E-state index is -3.45. The van der Waals surface area contributed by atoms with Crippen molar-refractivity contribution in [2.24, 2.45) is 0 Å². The van der Waals surface area contributed by atoms with Crippen LogP contribution in [0.25, 0.3) is 0 Å². The Hall–Kier alpha value is -1.01. The van der Waals surface area contributed by atoms with E-state index in [0.29, 0.717) is 0 Å². The fraction of sp³-hybridized carbons (Fsp3) is 0.800. The van der Waals surface area contributed by atoms with Gasteiger partial charge in [-0.05, 0) is 0 Å². The molecule has 0 radical (unpaired) electrons. The van der Waals surface area contributed by atoms with Gasteiger partial charge >= 0.3 is 6.16 Å². The Balaban J connectivity index is 2.86. The van der Waals surface area contributed by atoms with Crippen molar-refractivity contribution in [1.82, 2.24) is 0 Å². The highest BCUT2D eigenvalue weighted by Gasteiger charge is 2.59. The molecule has 0 aromatic carbocycles. The van der Waals surface area contributed by atoms with Crippen LogP contribution in [0, 0.1) is 0 Å². The molecule has 1 heterocycles. The first-order valence-electron chi connectivity index (χ1n) is 2.91. The van der Waals surface area contributed by atoms with Gasteiger partial charge in [0.05, 0.1) is 0 Å². The van der Waals surface area contributed by atoms with E-state index in [4.69, 9.17) is 0 Å². The predicted molar refractivity (Wildman–Crippen MR) is 27.2 cm³/mol. The van der Waals surface area contributed by atoms with Gasteiger partial charge in [-0.15, -0.1) is 0 Å². The van der Waals surface area contributed by atoms with Crippen molar-refractivity contribution in [2.45, 2.75) is 18.4 Å². The molecule has 0 aliphatic carbocycles. The van der Waals surface area contributed by atoms with E-state index in [2.05, 4.69) is 9.47 Å². The standard InChI is InChI=1S/C5H4F4O3/c6-1-5(2(7)8)3(9)11-4(10)12-5/h2-3H,1H2. The summed E-state index contributed by atoms with van der Waals surface area (Å²) in [4.78, 5) is 10.1. The minimum Gasteiger partial charge on any atom is -0.411 e. The van der Waals surface area contributed by atoms with Gasteiger partial charge in [0.2, 0.25) is 0 Å². The molecule has 2 unspecified atom stereocenters. The topological polar surface area (TPSA) is 35.5 Å². The molecule has 7 heteroatoms. The maximum absolute atomic E-state index is 12.5. The van der Waals surface area contributed by atoms with Crippen molar-refractivity contribution in [3.63, 3.8) is 0 Å². The van der Waals surface area contributed by atoms with Crippen LogP contribution in [-0.2, 0) is 9.47 Å². The van der Waals surface area contributed by atoms with Crippen LogP contribution in [0.4, 0.5) is 22.4 Å². The molecule has 70 valence electrons. The molecule has 0 spiro atoms. The van der Waals surface area contributed by atoms with Crippen molar-refractivity contribution in [3.05, 3.63) is 0 Å². The lowest BCUT2D eigenvalue weighted by Gasteiger charge is -2.21. The Bertz CT molecular complexity index is 197. The van der Waals surface area contributed by atoms with E-state index in [0.717, 1.165) is 0 Å². The van der Waals surface area contributed by atoms with Crippen molar-refractivity contribution in [1.29, 1.82) is 0 Å². The van der Waals surface area contributed by atoms with Crippen LogP contribution in [0.5, 0.6) is 0 Å². The first-order valence-corrected chi connectivity index (χ1v) is 2.91. The Labute approximate surface area is 64.2 Å². The molecule has 1 aliphatic rings. The van der Waals surface area contributed by atoms with Crippen LogP contribution in [0.3, 0.4) is 0 Å². The number of rotatable bonds is 2. The van der Waals surface area contributed by atoms with E-state index in [1.807, 2.05) is 0 Å². The zero-order valence-electron chi connectivity index (χ0n) is 5.60. The quantitative estimate of drug-likeness (QED) is 0.485. The molecule has 0 aromatic heterocycles. The number of halogens is 4. The monoisotopic (exact) mass is 188 g/mol. The molecule has 0 bridgehead atoms. The average Bonchev–Trinajstić information content (AvgIpc) is 2.26. The second-order valence-corrected chi connectivity index (χ2v) is 2.18. The fourth-order valence-corrected chi connectivity index (χ4v) is 0.700. The van der Waals surface area contributed by atoms with Crippen molar-refractivity contribution < 1.29 is 31.8 Å². The molecule has 1 saturated heterocycles. The lowest BCUT2D eigenvalue weighted by Crippen LogP contribution is -2.47. The molecule has 0 saturated carbocycles. The van der Waals surface area contributed by atoms with Gasteiger partial charge in [-0.3, -0.25) is 0 Å². The van der Waals surface area contributed by atoms with Crippen molar-refractivity contribution in [2.75, 3.05) is 6.67 Å². The summed E-state index contributed by atoms with van der Waals surface area (Å²) in [6, 6.07) is 0. The smallest absolute Gasteiger partial charge is 0.411 e. The highest BCUT2D eigenvalue weighted by atomic mass is 19.3. The summed E-state index contributed by atoms with van der Waals surface area (Å²) in [5, 5.41) is 0. The number of carbonyl (C=O) groups excluding carboxylic acids is 1. The molecular weight excluding hydrogens is 184 g/mol. The van der Waals surface area contributed by atoms with Gasteiger partial charge in [0.15, 0.2) is 0 Å². The number of ether oxygens (including phenoxy) is 2. The second-order valence-electron chi connectivity index (χ2n) is 2.18. The molecule has 3 nitrogen and oxygen atoms in total. The van der Waals surface area contributed by atoms with E-state index in [9.17, 15) is 22.4 Å². The highest BCUT2D eigenvalue weighted by Crippen LogP contribution is 2.34. The zero-order valence-corrected chi connectivity index (χ0v) is 5.60. The molecule has 0 amide bonds. The van der Waals surface area contributed by atoms with Gasteiger partial charge in [-0.25, -0.2) is 18.0 Å². The first kappa shape index (κ1) is 9.08. The molecule has 0 aromatic rings. The summed E-state index contributed by atoms with van der Waals surface area (Å²) in [5.74, 6) is 0. The van der Waals surface area contributed by atoms with E-state index in [1.54, 1.807) is 0 Å². The molecule has 1 aliphatic heterocycles. The Morgan fingerprint density at radius 3 is 2.33 bits per heavy atom. The number of hydrogen-bond acceptors (Lipinski definition) is 3. The maximum atomic E-state index is 12.5. The molecule has 0 N–H and O–H groups in total. The zero-order chi connectivity index (χ0) is 9.35. The van der Waals surface area contributed by atoms with Gasteiger partial charge in [-0.1, -0.05) is 0 Å². The fourth-order valence-electron chi connectivity index (χ4n) is 0.700. The summed E-state index contributed by atoms with van der Waals surface area (Å²) in [5.41, 5.74) is -3.07. The number of alkyl halides is 4. The van der Waals surface area contributed by atoms with Crippen LogP contribution in [-0.4, -0.2) is 31.2 Å². The molecule has 1 fully saturated rings. The summed E-state index contributed by atoms with van der Waals surface area (Å²) < 4.78 is 55.7. The summed E-state index contributed by atoms with van der Waals surface area (Å²) >= 11 is 0. The number of hydrogen-bond donors (Lipinski definition) is 0. The third kappa shape index (κ3) is 1.09. The van der Waals surface area contributed by atoms with Gasteiger partial charge in [0, 0.05) is 0 Å². The van der Waals surface area contributed by atoms with Crippen LogP contribution < -0.4 is 0 Å².